The van der Waals surface area contributed by atoms with Gasteiger partial charge in [-0.1, -0.05) is 6.92 Å². The predicted molar refractivity (Wildman–Crippen MR) is 78.4 cm³/mol. The van der Waals surface area contributed by atoms with Crippen molar-refractivity contribution in [2.24, 2.45) is 7.05 Å². The lowest BCUT2D eigenvalue weighted by Crippen LogP contribution is -2.13. The molecule has 0 radical (unpaired) electrons. The quantitative estimate of drug-likeness (QED) is 0.724. The van der Waals surface area contributed by atoms with Crippen LogP contribution in [0.3, 0.4) is 0 Å². The highest BCUT2D eigenvalue weighted by molar-refractivity contribution is 5.35. The zero-order chi connectivity index (χ0) is 15.1. The number of aryl methyl sites for hydroxylation is 1. The SMILES string of the molecule is CCCOc1nc(NC)nc(NCCc2nncn2C)n1. The van der Waals surface area contributed by atoms with Gasteiger partial charge in [0.05, 0.1) is 6.61 Å². The number of ether oxygens (including phenoxy) is 1. The first-order valence-electron chi connectivity index (χ1n) is 6.86. The van der Waals surface area contributed by atoms with Crippen molar-refractivity contribution in [3.63, 3.8) is 0 Å². The lowest BCUT2D eigenvalue weighted by Gasteiger charge is -2.08. The van der Waals surface area contributed by atoms with Crippen LogP contribution in [0, 0.1) is 0 Å². The average Bonchev–Trinajstić information content (AvgIpc) is 2.90. The van der Waals surface area contributed by atoms with Crippen LogP contribution >= 0.6 is 0 Å². The Morgan fingerprint density at radius 2 is 2.05 bits per heavy atom. The molecule has 0 aromatic carbocycles. The average molecular weight is 292 g/mol. The third-order valence-corrected chi connectivity index (χ3v) is 2.71. The van der Waals surface area contributed by atoms with Crippen molar-refractivity contribution in [3.05, 3.63) is 12.2 Å². The molecule has 0 saturated heterocycles. The molecule has 2 heterocycles. The maximum Gasteiger partial charge on any atom is 0.323 e. The molecule has 2 aromatic rings. The van der Waals surface area contributed by atoms with Gasteiger partial charge in [0.25, 0.3) is 0 Å². The molecular formula is C12H20N8O. The Balaban J connectivity index is 1.96. The largest absolute Gasteiger partial charge is 0.463 e. The standard InChI is InChI=1S/C12H20N8O/c1-4-7-21-12-17-10(13-2)16-11(18-12)14-6-5-9-19-15-8-20(9)3/h8H,4-7H2,1-3H3,(H2,13,14,16,17,18). The molecule has 21 heavy (non-hydrogen) atoms. The van der Waals surface area contributed by atoms with Crippen molar-refractivity contribution in [1.29, 1.82) is 0 Å². The number of hydrogen-bond donors (Lipinski definition) is 2. The van der Waals surface area contributed by atoms with Crippen LogP contribution in [0.2, 0.25) is 0 Å². The molecule has 0 saturated carbocycles. The summed E-state index contributed by atoms with van der Waals surface area (Å²) >= 11 is 0. The van der Waals surface area contributed by atoms with E-state index in [2.05, 4.69) is 35.8 Å². The van der Waals surface area contributed by atoms with Crippen LogP contribution in [-0.2, 0) is 13.5 Å². The molecule has 0 amide bonds. The van der Waals surface area contributed by atoms with Gasteiger partial charge >= 0.3 is 6.01 Å². The summed E-state index contributed by atoms with van der Waals surface area (Å²) in [6.45, 7) is 3.25. The van der Waals surface area contributed by atoms with Crippen LogP contribution in [0.1, 0.15) is 19.2 Å². The van der Waals surface area contributed by atoms with Gasteiger partial charge in [0.1, 0.15) is 12.2 Å². The van der Waals surface area contributed by atoms with E-state index in [9.17, 15) is 0 Å². The number of hydrogen-bond acceptors (Lipinski definition) is 8. The summed E-state index contributed by atoms with van der Waals surface area (Å²) in [7, 11) is 3.66. The van der Waals surface area contributed by atoms with Crippen LogP contribution in [-0.4, -0.2) is 49.9 Å². The Morgan fingerprint density at radius 1 is 1.24 bits per heavy atom. The van der Waals surface area contributed by atoms with Gasteiger partial charge in [-0.2, -0.15) is 15.0 Å². The van der Waals surface area contributed by atoms with Crippen LogP contribution in [0.15, 0.2) is 6.33 Å². The first-order valence-corrected chi connectivity index (χ1v) is 6.86. The summed E-state index contributed by atoms with van der Waals surface area (Å²) in [4.78, 5) is 12.6. The lowest BCUT2D eigenvalue weighted by molar-refractivity contribution is 0.292. The first-order chi connectivity index (χ1) is 10.2. The van der Waals surface area contributed by atoms with Gasteiger partial charge in [0.15, 0.2) is 0 Å². The second kappa shape index (κ2) is 7.36. The molecule has 0 bridgehead atoms. The van der Waals surface area contributed by atoms with Crippen molar-refractivity contribution < 1.29 is 4.74 Å². The van der Waals surface area contributed by atoms with Gasteiger partial charge in [0, 0.05) is 27.1 Å². The Labute approximate surface area is 123 Å². The fraction of sp³-hybridized carbons (Fsp3) is 0.583. The zero-order valence-corrected chi connectivity index (χ0v) is 12.5. The smallest absolute Gasteiger partial charge is 0.323 e. The predicted octanol–water partition coefficient (Wildman–Crippen LogP) is 0.485. The topological polar surface area (TPSA) is 103 Å². The highest BCUT2D eigenvalue weighted by Crippen LogP contribution is 2.11. The van der Waals surface area contributed by atoms with E-state index in [-0.39, 0.29) is 0 Å². The fourth-order valence-electron chi connectivity index (χ4n) is 1.62. The molecule has 9 nitrogen and oxygen atoms in total. The molecule has 0 aliphatic heterocycles. The maximum atomic E-state index is 5.44. The number of nitrogens with one attached hydrogen (secondary N) is 2. The van der Waals surface area contributed by atoms with E-state index >= 15 is 0 Å². The fourth-order valence-corrected chi connectivity index (χ4v) is 1.62. The van der Waals surface area contributed by atoms with E-state index in [0.29, 0.717) is 31.1 Å². The Morgan fingerprint density at radius 3 is 2.71 bits per heavy atom. The second-order valence-corrected chi connectivity index (χ2v) is 4.40. The summed E-state index contributed by atoms with van der Waals surface area (Å²) < 4.78 is 7.32. The molecule has 2 rings (SSSR count). The lowest BCUT2D eigenvalue weighted by atomic mass is 10.4. The number of anilines is 2. The van der Waals surface area contributed by atoms with Crippen molar-refractivity contribution in [2.75, 3.05) is 30.8 Å². The van der Waals surface area contributed by atoms with Gasteiger partial charge in [-0.15, -0.1) is 10.2 Å². The highest BCUT2D eigenvalue weighted by atomic mass is 16.5. The zero-order valence-electron chi connectivity index (χ0n) is 12.5. The molecule has 114 valence electrons. The second-order valence-electron chi connectivity index (χ2n) is 4.40. The molecule has 0 fully saturated rings. The van der Waals surface area contributed by atoms with Crippen molar-refractivity contribution in [1.82, 2.24) is 29.7 Å². The van der Waals surface area contributed by atoms with Crippen LogP contribution in [0.4, 0.5) is 11.9 Å². The minimum absolute atomic E-state index is 0.317. The molecule has 0 aliphatic carbocycles. The monoisotopic (exact) mass is 292 g/mol. The van der Waals surface area contributed by atoms with E-state index in [0.717, 1.165) is 18.7 Å². The van der Waals surface area contributed by atoms with E-state index in [1.54, 1.807) is 13.4 Å². The Hall–Kier alpha value is -2.45. The molecule has 0 spiro atoms. The molecule has 2 aromatic heterocycles. The summed E-state index contributed by atoms with van der Waals surface area (Å²) in [5, 5.41) is 13.9. The van der Waals surface area contributed by atoms with E-state index in [4.69, 9.17) is 4.74 Å². The van der Waals surface area contributed by atoms with E-state index in [1.165, 1.54) is 0 Å². The van der Waals surface area contributed by atoms with Gasteiger partial charge in [-0.3, -0.25) is 0 Å². The minimum Gasteiger partial charge on any atom is -0.463 e. The van der Waals surface area contributed by atoms with Crippen LogP contribution in [0.5, 0.6) is 6.01 Å². The molecule has 9 heteroatoms. The summed E-state index contributed by atoms with van der Waals surface area (Å²) in [6, 6.07) is 0.317. The summed E-state index contributed by atoms with van der Waals surface area (Å²) in [5.74, 6) is 1.84. The van der Waals surface area contributed by atoms with E-state index in [1.807, 2.05) is 18.5 Å². The molecule has 0 aliphatic rings. The van der Waals surface area contributed by atoms with Crippen molar-refractivity contribution >= 4 is 11.9 Å². The molecule has 2 N–H and O–H groups in total. The first kappa shape index (κ1) is 14.9. The van der Waals surface area contributed by atoms with E-state index < -0.39 is 0 Å². The minimum atomic E-state index is 0.317. The third kappa shape index (κ3) is 4.26. The third-order valence-electron chi connectivity index (χ3n) is 2.71. The molecular weight excluding hydrogens is 272 g/mol. The Bertz CT molecular complexity index is 570. The van der Waals surface area contributed by atoms with Gasteiger partial charge in [-0.05, 0) is 6.42 Å². The number of nitrogens with zero attached hydrogens (tertiary/aromatic N) is 6. The van der Waals surface area contributed by atoms with Crippen LogP contribution < -0.4 is 15.4 Å². The van der Waals surface area contributed by atoms with Crippen molar-refractivity contribution in [3.8, 4) is 6.01 Å². The highest BCUT2D eigenvalue weighted by Gasteiger charge is 2.07. The summed E-state index contributed by atoms with van der Waals surface area (Å²) in [6.07, 6.45) is 3.30. The normalized spacial score (nSPS) is 10.4. The number of rotatable bonds is 8. The van der Waals surface area contributed by atoms with Gasteiger partial charge < -0.3 is 19.9 Å². The maximum absolute atomic E-state index is 5.44. The number of aromatic nitrogens is 6. The van der Waals surface area contributed by atoms with Crippen LogP contribution in [0.25, 0.3) is 0 Å². The van der Waals surface area contributed by atoms with Crippen molar-refractivity contribution in [2.45, 2.75) is 19.8 Å². The van der Waals surface area contributed by atoms with Gasteiger partial charge in [0.2, 0.25) is 11.9 Å². The molecule has 0 atom stereocenters. The summed E-state index contributed by atoms with van der Waals surface area (Å²) in [5.41, 5.74) is 0. The van der Waals surface area contributed by atoms with Gasteiger partial charge in [-0.25, -0.2) is 0 Å². The Kier molecular flexibility index (Phi) is 5.24. The molecule has 0 unspecified atom stereocenters.